The smallest absolute Gasteiger partial charge is 0.163 e. The number of nitrogens with zero attached hydrogens (tertiary/aromatic N) is 5. The monoisotopic (exact) mass is 222 g/mol. The van der Waals surface area contributed by atoms with E-state index >= 15 is 0 Å². The van der Waals surface area contributed by atoms with Gasteiger partial charge in [0.2, 0.25) is 0 Å². The minimum Gasteiger partial charge on any atom is -0.198 e. The highest BCUT2D eigenvalue weighted by atomic mass is 31.2. The molecule has 0 saturated carbocycles. The first kappa shape index (κ1) is 10.1. The van der Waals surface area contributed by atoms with Crippen molar-refractivity contribution >= 4 is 16.7 Å². The molecule has 3 saturated heterocycles. The largest absolute Gasteiger partial charge is 0.198 e. The molecule has 76 valence electrons. The third kappa shape index (κ3) is 1.34. The first-order valence-electron chi connectivity index (χ1n) is 4.08. The number of nitrogens with one attached hydrogen (secondary N) is 1. The van der Waals surface area contributed by atoms with Gasteiger partial charge in [-0.15, -0.1) is 0 Å². The van der Waals surface area contributed by atoms with Gasteiger partial charge in [0.1, 0.15) is 0 Å². The fourth-order valence-electron chi connectivity index (χ4n) is 1.54. The Bertz CT molecular complexity index is 199. The Kier molecular flexibility index (Phi) is 2.60. The summed E-state index contributed by atoms with van der Waals surface area (Å²) in [5.74, 6) is 0. The van der Waals surface area contributed by atoms with Crippen molar-refractivity contribution in [1.29, 1.82) is 0 Å². The van der Waals surface area contributed by atoms with Gasteiger partial charge in [0.15, 0.2) is 16.7 Å². The van der Waals surface area contributed by atoms with Gasteiger partial charge in [0, 0.05) is 35.2 Å². The maximum Gasteiger partial charge on any atom is 0.163 e. The molecular weight excluding hydrogens is 206 g/mol. The van der Waals surface area contributed by atoms with E-state index in [9.17, 15) is 0 Å². The molecule has 0 aromatic rings. The molecule has 1 N–H and O–H groups in total. The molecule has 0 aromatic heterocycles. The summed E-state index contributed by atoms with van der Waals surface area (Å²) < 4.78 is 11.4. The Morgan fingerprint density at radius 3 is 1.62 bits per heavy atom. The van der Waals surface area contributed by atoms with Crippen molar-refractivity contribution in [2.75, 3.05) is 35.2 Å². The number of hydrogen-bond donors (Lipinski definition) is 1. The lowest BCUT2D eigenvalue weighted by molar-refractivity contribution is 0.0912. The summed E-state index contributed by atoms with van der Waals surface area (Å²) >= 11 is 0. The van der Waals surface area contributed by atoms with Crippen molar-refractivity contribution in [3.05, 3.63) is 0 Å². The summed E-state index contributed by atoms with van der Waals surface area (Å²) in [6.07, 6.45) is 0. The highest BCUT2D eigenvalue weighted by molar-refractivity contribution is 7.59. The van der Waals surface area contributed by atoms with E-state index in [0.717, 1.165) is 0 Å². The number of hydrazine groups is 3. The van der Waals surface area contributed by atoms with E-state index in [1.54, 1.807) is 0 Å². The summed E-state index contributed by atoms with van der Waals surface area (Å²) in [5, 5.41) is 3.47. The van der Waals surface area contributed by atoms with Crippen molar-refractivity contribution in [1.82, 2.24) is 29.1 Å². The van der Waals surface area contributed by atoms with E-state index in [0.29, 0.717) is 0 Å². The topological polar surface area (TPSA) is 28.2 Å². The number of fused-ring (bicyclic) bond motifs is 3. The minimum absolute atomic E-state index is 0.409. The molecule has 0 atom stereocenters. The fourth-order valence-corrected chi connectivity index (χ4v) is 5.98. The average Bonchev–Trinajstić information content (AvgIpc) is 2.07. The molecule has 3 heterocycles. The summed E-state index contributed by atoms with van der Waals surface area (Å²) in [6.45, 7) is 0. The molecule has 3 aliphatic heterocycles. The van der Waals surface area contributed by atoms with Gasteiger partial charge in [-0.3, -0.25) is 0 Å². The molecule has 0 spiro atoms. The lowest BCUT2D eigenvalue weighted by Crippen LogP contribution is -2.60. The lowest BCUT2D eigenvalue weighted by Gasteiger charge is -2.60. The van der Waals surface area contributed by atoms with Crippen molar-refractivity contribution in [2.24, 2.45) is 0 Å². The standard InChI is InChI=1S/C5H16N6P2/c1-7-6-12-8(2)10(4)13(7)11(5)9(12)3/h6H,1-5H3. The molecule has 0 amide bonds. The van der Waals surface area contributed by atoms with Gasteiger partial charge in [-0.1, -0.05) is 0 Å². The molecule has 13 heavy (non-hydrogen) atoms. The second-order valence-electron chi connectivity index (χ2n) is 3.14. The minimum atomic E-state index is -0.433. The zero-order valence-corrected chi connectivity index (χ0v) is 10.4. The summed E-state index contributed by atoms with van der Waals surface area (Å²) in [6, 6.07) is 0. The molecule has 2 bridgehead atoms. The van der Waals surface area contributed by atoms with Crippen LogP contribution in [0, 0.1) is 0 Å². The van der Waals surface area contributed by atoms with Gasteiger partial charge >= 0.3 is 0 Å². The molecule has 0 unspecified atom stereocenters. The van der Waals surface area contributed by atoms with Gasteiger partial charge < -0.3 is 0 Å². The van der Waals surface area contributed by atoms with Gasteiger partial charge in [-0.05, 0) is 0 Å². The summed E-state index contributed by atoms with van der Waals surface area (Å²) in [4.78, 5) is 0. The van der Waals surface area contributed by atoms with Gasteiger partial charge in [0.25, 0.3) is 0 Å². The summed E-state index contributed by atoms with van der Waals surface area (Å²) in [5.41, 5.74) is 0. The molecule has 0 aliphatic carbocycles. The highest BCUT2D eigenvalue weighted by Crippen LogP contribution is 2.64. The third-order valence-electron chi connectivity index (χ3n) is 2.41. The first-order chi connectivity index (χ1) is 6.04. The van der Waals surface area contributed by atoms with Crippen LogP contribution in [-0.4, -0.2) is 59.1 Å². The van der Waals surface area contributed by atoms with Crippen LogP contribution >= 0.6 is 16.7 Å². The quantitative estimate of drug-likeness (QED) is 0.599. The Hall–Kier alpha value is 0.620. The van der Waals surface area contributed by atoms with Crippen LogP contribution < -0.4 is 5.20 Å². The maximum atomic E-state index is 3.47. The Morgan fingerprint density at radius 2 is 1.23 bits per heavy atom. The fraction of sp³-hybridized carbons (Fsp3) is 1.00. The molecule has 6 nitrogen and oxygen atoms in total. The molecular formula is C5H16N6P2. The SMILES string of the molecule is CN1N(C)P2N(C)NP1N(C)N2C. The molecule has 8 heteroatoms. The van der Waals surface area contributed by atoms with Crippen LogP contribution in [0.25, 0.3) is 0 Å². The second kappa shape index (κ2) is 3.33. The predicted octanol–water partition coefficient (Wildman–Crippen LogP) is 0.461. The van der Waals surface area contributed by atoms with Crippen LogP contribution in [0.1, 0.15) is 0 Å². The van der Waals surface area contributed by atoms with Crippen molar-refractivity contribution < 1.29 is 0 Å². The van der Waals surface area contributed by atoms with E-state index in [1.165, 1.54) is 0 Å². The number of hydrogen-bond acceptors (Lipinski definition) is 6. The third-order valence-corrected chi connectivity index (χ3v) is 7.17. The Labute approximate surface area is 81.8 Å². The predicted molar refractivity (Wildman–Crippen MR) is 55.8 cm³/mol. The van der Waals surface area contributed by atoms with E-state index in [2.05, 4.69) is 64.3 Å². The van der Waals surface area contributed by atoms with E-state index in [1.807, 2.05) is 0 Å². The normalized spacial score (nSPS) is 40.4. The van der Waals surface area contributed by atoms with Crippen LogP contribution in [-0.2, 0) is 0 Å². The van der Waals surface area contributed by atoms with Crippen LogP contribution in [0.4, 0.5) is 0 Å². The van der Waals surface area contributed by atoms with Crippen LogP contribution in [0.3, 0.4) is 0 Å². The van der Waals surface area contributed by atoms with Crippen LogP contribution in [0.5, 0.6) is 0 Å². The van der Waals surface area contributed by atoms with Gasteiger partial charge in [-0.2, -0.15) is 29.1 Å². The van der Waals surface area contributed by atoms with Crippen LogP contribution in [0.15, 0.2) is 0 Å². The van der Waals surface area contributed by atoms with E-state index in [-0.39, 0.29) is 0 Å². The van der Waals surface area contributed by atoms with E-state index in [4.69, 9.17) is 0 Å². The molecule has 3 rings (SSSR count). The van der Waals surface area contributed by atoms with Crippen molar-refractivity contribution in [3.8, 4) is 0 Å². The lowest BCUT2D eigenvalue weighted by atomic mass is 11.4. The first-order valence-corrected chi connectivity index (χ1v) is 6.53. The highest BCUT2D eigenvalue weighted by Gasteiger charge is 2.47. The molecule has 3 fully saturated rings. The molecule has 0 radical (unpaired) electrons. The van der Waals surface area contributed by atoms with Gasteiger partial charge in [0.05, 0.1) is 0 Å². The molecule has 0 aromatic carbocycles. The van der Waals surface area contributed by atoms with Crippen molar-refractivity contribution in [3.63, 3.8) is 0 Å². The Morgan fingerprint density at radius 1 is 0.769 bits per heavy atom. The number of rotatable bonds is 0. The second-order valence-corrected chi connectivity index (χ2v) is 7.37. The average molecular weight is 222 g/mol. The van der Waals surface area contributed by atoms with Crippen molar-refractivity contribution in [2.45, 2.75) is 0 Å². The maximum absolute atomic E-state index is 3.47. The van der Waals surface area contributed by atoms with Gasteiger partial charge in [-0.25, -0.2) is 0 Å². The zero-order valence-electron chi connectivity index (χ0n) is 8.63. The molecule has 3 aliphatic rings. The van der Waals surface area contributed by atoms with E-state index < -0.39 is 16.7 Å². The zero-order chi connectivity index (χ0) is 9.75. The van der Waals surface area contributed by atoms with Crippen LogP contribution in [0.2, 0.25) is 0 Å². The summed E-state index contributed by atoms with van der Waals surface area (Å²) in [7, 11) is 9.80. The Balaban J connectivity index is 2.28.